The van der Waals surface area contributed by atoms with E-state index in [1.807, 2.05) is 0 Å². The van der Waals surface area contributed by atoms with Gasteiger partial charge in [0.05, 0.1) is 11.4 Å². The van der Waals surface area contributed by atoms with E-state index in [0.29, 0.717) is 11.4 Å². The Morgan fingerprint density at radius 1 is 0.778 bits per heavy atom. The Hall–Kier alpha value is -2.44. The molecular weight excluding hydrogens is 234 g/mol. The predicted molar refractivity (Wildman–Crippen MR) is 68.2 cm³/mol. The molecule has 0 aliphatic rings. The van der Waals surface area contributed by atoms with Gasteiger partial charge in [-0.1, -0.05) is 24.3 Å². The van der Waals surface area contributed by atoms with Crippen LogP contribution in [0.15, 0.2) is 48.5 Å². The maximum atomic E-state index is 11.4. The van der Waals surface area contributed by atoms with E-state index in [0.717, 1.165) is 0 Å². The van der Waals surface area contributed by atoms with Gasteiger partial charge in [0.25, 0.3) is 0 Å². The van der Waals surface area contributed by atoms with Crippen LogP contribution in [0.25, 0.3) is 0 Å². The summed E-state index contributed by atoms with van der Waals surface area (Å²) in [4.78, 5) is 9.76. The highest BCUT2D eigenvalue weighted by Crippen LogP contribution is 2.24. The van der Waals surface area contributed by atoms with Crippen LogP contribution in [-0.2, 0) is 0 Å². The molecule has 0 fully saturated rings. The normalized spacial score (nSPS) is 10.3. The second-order valence-electron chi connectivity index (χ2n) is 3.48. The molecule has 6 heteroatoms. The molecule has 0 unspecified atom stereocenters. The van der Waals surface area contributed by atoms with Crippen LogP contribution in [0.2, 0.25) is 0 Å². The fraction of sp³-hybridized carbons (Fsp3) is 0. The summed E-state index contributed by atoms with van der Waals surface area (Å²) in [6, 6.07) is 13.2. The van der Waals surface area contributed by atoms with Crippen molar-refractivity contribution in [1.29, 1.82) is 0 Å². The van der Waals surface area contributed by atoms with Crippen molar-refractivity contribution < 1.29 is 9.68 Å². The number of nitrogens with zero attached hydrogens (tertiary/aromatic N) is 1. The number of rotatable bonds is 4. The van der Waals surface area contributed by atoms with Crippen LogP contribution < -0.4 is 21.1 Å². The van der Waals surface area contributed by atoms with E-state index in [2.05, 4.69) is 0 Å². The lowest BCUT2D eigenvalue weighted by Crippen LogP contribution is -2.25. The van der Waals surface area contributed by atoms with Crippen LogP contribution in [0.1, 0.15) is 0 Å². The lowest BCUT2D eigenvalue weighted by Gasteiger charge is -2.26. The smallest absolute Gasteiger partial charge is 0.173 e. The second-order valence-corrected chi connectivity index (χ2v) is 3.48. The van der Waals surface area contributed by atoms with Crippen molar-refractivity contribution in [3.63, 3.8) is 0 Å². The average molecular weight is 246 g/mol. The fourth-order valence-electron chi connectivity index (χ4n) is 1.31. The van der Waals surface area contributed by atoms with Gasteiger partial charge in [-0.2, -0.15) is 0 Å². The maximum absolute atomic E-state index is 11.4. The van der Waals surface area contributed by atoms with Crippen molar-refractivity contribution in [2.75, 3.05) is 11.5 Å². The second kappa shape index (κ2) is 5.26. The van der Waals surface area contributed by atoms with E-state index >= 15 is 0 Å². The molecule has 0 aromatic heterocycles. The summed E-state index contributed by atoms with van der Waals surface area (Å²) in [6.07, 6.45) is 0. The van der Waals surface area contributed by atoms with Crippen LogP contribution in [-0.4, -0.2) is 5.39 Å². The minimum absolute atomic E-state index is 0.0443. The number of hydrogen-bond donors (Lipinski definition) is 2. The van der Waals surface area contributed by atoms with E-state index in [-0.39, 0.29) is 16.9 Å². The van der Waals surface area contributed by atoms with Gasteiger partial charge < -0.3 is 26.3 Å². The summed E-state index contributed by atoms with van der Waals surface area (Å²) in [7, 11) is 0. The first-order chi connectivity index (χ1) is 8.66. The van der Waals surface area contributed by atoms with Crippen LogP contribution >= 0.6 is 0 Å². The fourth-order valence-corrected chi connectivity index (χ4v) is 1.31. The number of para-hydroxylation sites is 4. The van der Waals surface area contributed by atoms with Crippen molar-refractivity contribution in [3.05, 3.63) is 53.7 Å². The zero-order valence-corrected chi connectivity index (χ0v) is 9.45. The molecule has 2 aromatic rings. The number of nitrogen functional groups attached to an aromatic ring is 2. The third kappa shape index (κ3) is 2.82. The van der Waals surface area contributed by atoms with Crippen LogP contribution in [0.5, 0.6) is 11.5 Å². The molecule has 0 atom stereocenters. The van der Waals surface area contributed by atoms with Gasteiger partial charge in [0.2, 0.25) is 0 Å². The molecule has 0 aliphatic heterocycles. The summed E-state index contributed by atoms with van der Waals surface area (Å²) < 4.78 is 0. The largest absolute Gasteiger partial charge is 0.718 e. The number of nitrogens with two attached hydrogens (primary N) is 2. The minimum atomic E-state index is -0.0443. The molecule has 4 N–H and O–H groups in total. The van der Waals surface area contributed by atoms with Crippen molar-refractivity contribution >= 4 is 11.4 Å². The highest BCUT2D eigenvalue weighted by atomic mass is 17.1. The molecule has 0 heterocycles. The van der Waals surface area contributed by atoms with E-state index in [1.165, 1.54) is 0 Å². The molecule has 0 saturated heterocycles. The van der Waals surface area contributed by atoms with Crippen LogP contribution in [0.3, 0.4) is 0 Å². The van der Waals surface area contributed by atoms with Crippen molar-refractivity contribution in [1.82, 2.24) is 5.39 Å². The lowest BCUT2D eigenvalue weighted by molar-refractivity contribution is -0.214. The Morgan fingerprint density at radius 3 is 1.56 bits per heavy atom. The van der Waals surface area contributed by atoms with Crippen LogP contribution in [0, 0.1) is 5.21 Å². The highest BCUT2D eigenvalue weighted by molar-refractivity contribution is 5.52. The number of benzene rings is 2. The van der Waals surface area contributed by atoms with Gasteiger partial charge in [0.1, 0.15) is 0 Å². The monoisotopic (exact) mass is 246 g/mol. The SMILES string of the molecule is Nc1ccccc1ON([O-])Oc1ccccc1N. The van der Waals surface area contributed by atoms with E-state index in [4.69, 9.17) is 21.1 Å². The summed E-state index contributed by atoms with van der Waals surface area (Å²) in [5.74, 6) is 0.420. The van der Waals surface area contributed by atoms with Gasteiger partial charge in [-0.3, -0.25) is 0 Å². The quantitative estimate of drug-likeness (QED) is 0.632. The first-order valence-corrected chi connectivity index (χ1v) is 5.19. The van der Waals surface area contributed by atoms with Crippen LogP contribution in [0.4, 0.5) is 11.4 Å². The molecule has 0 bridgehead atoms. The third-order valence-electron chi connectivity index (χ3n) is 2.18. The molecular formula is C12H12N3O3-. The number of anilines is 2. The summed E-state index contributed by atoms with van der Waals surface area (Å²) in [5.41, 5.74) is 11.9. The molecule has 0 amide bonds. The Labute approximate surface area is 104 Å². The molecule has 6 nitrogen and oxygen atoms in total. The van der Waals surface area contributed by atoms with Gasteiger partial charge in [-0.15, -0.1) is 0 Å². The standard InChI is InChI=1S/C12H12N3O3/c13-9-5-1-3-7-11(9)17-15(16)18-12-8-4-2-6-10(12)14/h1-8H,13-14H2/q-1. The first kappa shape index (κ1) is 12.0. The van der Waals surface area contributed by atoms with Crippen molar-refractivity contribution in [2.24, 2.45) is 0 Å². The van der Waals surface area contributed by atoms with E-state index < -0.39 is 0 Å². The predicted octanol–water partition coefficient (Wildman–Crippen LogP) is 1.94. The van der Waals surface area contributed by atoms with Gasteiger partial charge >= 0.3 is 0 Å². The third-order valence-corrected chi connectivity index (χ3v) is 2.18. The maximum Gasteiger partial charge on any atom is 0.173 e. The summed E-state index contributed by atoms with van der Waals surface area (Å²) in [5, 5.41) is 11.4. The van der Waals surface area contributed by atoms with E-state index in [1.54, 1.807) is 48.5 Å². The Bertz CT molecular complexity index is 486. The topological polar surface area (TPSA) is 96.8 Å². The summed E-state index contributed by atoms with van der Waals surface area (Å²) >= 11 is 0. The van der Waals surface area contributed by atoms with Gasteiger partial charge in [0.15, 0.2) is 11.5 Å². The molecule has 18 heavy (non-hydrogen) atoms. The average Bonchev–Trinajstić information content (AvgIpc) is 2.35. The van der Waals surface area contributed by atoms with E-state index in [9.17, 15) is 5.21 Å². The Morgan fingerprint density at radius 2 is 1.17 bits per heavy atom. The molecule has 2 aromatic carbocycles. The van der Waals surface area contributed by atoms with Gasteiger partial charge in [-0.25, -0.2) is 0 Å². The molecule has 94 valence electrons. The molecule has 2 rings (SSSR count). The minimum Gasteiger partial charge on any atom is -0.718 e. The number of hydrogen-bond acceptors (Lipinski definition) is 6. The Balaban J connectivity index is 2.04. The van der Waals surface area contributed by atoms with Crippen molar-refractivity contribution in [2.45, 2.75) is 0 Å². The highest BCUT2D eigenvalue weighted by Gasteiger charge is 2.04. The van der Waals surface area contributed by atoms with Gasteiger partial charge in [-0.05, 0) is 29.7 Å². The Kier molecular flexibility index (Phi) is 3.52. The zero-order chi connectivity index (χ0) is 13.0. The first-order valence-electron chi connectivity index (χ1n) is 5.19. The zero-order valence-electron chi connectivity index (χ0n) is 9.45. The molecule has 0 saturated carbocycles. The van der Waals surface area contributed by atoms with Crippen molar-refractivity contribution in [3.8, 4) is 11.5 Å². The summed E-state index contributed by atoms with van der Waals surface area (Å²) in [6.45, 7) is 0. The molecule has 0 aliphatic carbocycles. The lowest BCUT2D eigenvalue weighted by atomic mass is 10.3. The molecule has 0 spiro atoms. The van der Waals surface area contributed by atoms with Gasteiger partial charge in [0, 0.05) is 0 Å². The molecule has 0 radical (unpaired) electrons.